The number of methoxy groups -OCH3 is 1. The molecule has 0 heterocycles. The van der Waals surface area contributed by atoms with E-state index in [4.69, 9.17) is 4.74 Å². The van der Waals surface area contributed by atoms with Crippen LogP contribution >= 0.6 is 0 Å². The maximum atomic E-state index is 5.39. The molecular formula is C14H23NO. The minimum absolute atomic E-state index is 1.03. The predicted molar refractivity (Wildman–Crippen MR) is 69.2 cm³/mol. The zero-order valence-corrected chi connectivity index (χ0v) is 10.7. The smallest absolute Gasteiger partial charge is 0.122 e. The van der Waals surface area contributed by atoms with Gasteiger partial charge in [0, 0.05) is 0 Å². The Morgan fingerprint density at radius 3 is 2.69 bits per heavy atom. The number of ether oxygens (including phenoxy) is 1. The number of hydrogen-bond donors (Lipinski definition) is 1. The molecule has 2 nitrogen and oxygen atoms in total. The lowest BCUT2D eigenvalue weighted by Crippen LogP contribution is -2.07. The normalized spacial score (nSPS) is 10.4. The Bertz CT molecular complexity index is 310. The first-order chi connectivity index (χ1) is 7.81. The molecule has 0 bridgehead atoms. The van der Waals surface area contributed by atoms with Crippen LogP contribution in [0.15, 0.2) is 18.2 Å². The van der Waals surface area contributed by atoms with Gasteiger partial charge in [-0.2, -0.15) is 0 Å². The van der Waals surface area contributed by atoms with E-state index in [-0.39, 0.29) is 0 Å². The zero-order chi connectivity index (χ0) is 11.8. The lowest BCUT2D eigenvalue weighted by Gasteiger charge is -2.10. The summed E-state index contributed by atoms with van der Waals surface area (Å²) in [6.07, 6.45) is 4.63. The number of benzene rings is 1. The predicted octanol–water partition coefficient (Wildman–Crippen LogP) is 2.80. The highest BCUT2D eigenvalue weighted by Crippen LogP contribution is 2.22. The SMILES string of the molecule is CCc1ccc(OC)c(CCCCNC)c1. The molecule has 1 aromatic carbocycles. The van der Waals surface area contributed by atoms with Crippen molar-refractivity contribution in [1.82, 2.24) is 5.32 Å². The highest BCUT2D eigenvalue weighted by molar-refractivity contribution is 5.37. The van der Waals surface area contributed by atoms with E-state index in [9.17, 15) is 0 Å². The minimum atomic E-state index is 1.03. The second-order valence-corrected chi connectivity index (χ2v) is 4.06. The van der Waals surface area contributed by atoms with E-state index < -0.39 is 0 Å². The van der Waals surface area contributed by atoms with Crippen LogP contribution in [-0.4, -0.2) is 20.7 Å². The molecule has 0 fully saturated rings. The van der Waals surface area contributed by atoms with Gasteiger partial charge in [-0.05, 0) is 56.5 Å². The molecule has 1 N–H and O–H groups in total. The molecule has 16 heavy (non-hydrogen) atoms. The van der Waals surface area contributed by atoms with Crippen molar-refractivity contribution < 1.29 is 4.74 Å². The zero-order valence-electron chi connectivity index (χ0n) is 10.7. The third kappa shape index (κ3) is 3.86. The topological polar surface area (TPSA) is 21.3 Å². The summed E-state index contributed by atoms with van der Waals surface area (Å²) in [5.74, 6) is 1.03. The molecule has 0 spiro atoms. The van der Waals surface area contributed by atoms with E-state index in [1.165, 1.54) is 24.0 Å². The van der Waals surface area contributed by atoms with Crippen LogP contribution in [0.2, 0.25) is 0 Å². The van der Waals surface area contributed by atoms with Crippen LogP contribution < -0.4 is 10.1 Å². The second-order valence-electron chi connectivity index (χ2n) is 4.06. The van der Waals surface area contributed by atoms with Crippen molar-refractivity contribution in [2.75, 3.05) is 20.7 Å². The number of nitrogens with one attached hydrogen (secondary N) is 1. The quantitative estimate of drug-likeness (QED) is 0.715. The summed E-state index contributed by atoms with van der Waals surface area (Å²) in [6.45, 7) is 3.28. The molecule has 0 aliphatic carbocycles. The van der Waals surface area contributed by atoms with Crippen LogP contribution in [0.3, 0.4) is 0 Å². The first-order valence-corrected chi connectivity index (χ1v) is 6.12. The van der Waals surface area contributed by atoms with Crippen LogP contribution in [0.5, 0.6) is 5.75 Å². The van der Waals surface area contributed by atoms with Crippen LogP contribution in [0.25, 0.3) is 0 Å². The molecule has 0 radical (unpaired) electrons. The number of rotatable bonds is 7. The van der Waals surface area contributed by atoms with Crippen molar-refractivity contribution in [3.63, 3.8) is 0 Å². The Hall–Kier alpha value is -1.02. The van der Waals surface area contributed by atoms with Crippen molar-refractivity contribution in [3.8, 4) is 5.75 Å². The number of aryl methyl sites for hydroxylation is 2. The largest absolute Gasteiger partial charge is 0.496 e. The third-order valence-electron chi connectivity index (χ3n) is 2.88. The molecule has 0 saturated heterocycles. The van der Waals surface area contributed by atoms with E-state index in [1.54, 1.807) is 7.11 Å². The maximum Gasteiger partial charge on any atom is 0.122 e. The molecule has 1 rings (SSSR count). The van der Waals surface area contributed by atoms with Crippen molar-refractivity contribution in [2.45, 2.75) is 32.6 Å². The first-order valence-electron chi connectivity index (χ1n) is 6.12. The first kappa shape index (κ1) is 13.0. The lowest BCUT2D eigenvalue weighted by atomic mass is 10.0. The fourth-order valence-electron chi connectivity index (χ4n) is 1.86. The van der Waals surface area contributed by atoms with Gasteiger partial charge in [-0.3, -0.25) is 0 Å². The Morgan fingerprint density at radius 2 is 2.06 bits per heavy atom. The number of hydrogen-bond acceptors (Lipinski definition) is 2. The van der Waals surface area contributed by atoms with Crippen molar-refractivity contribution in [2.24, 2.45) is 0 Å². The Kier molecular flexibility index (Phi) is 5.94. The van der Waals surface area contributed by atoms with Gasteiger partial charge in [-0.15, -0.1) is 0 Å². The fraction of sp³-hybridized carbons (Fsp3) is 0.571. The molecule has 1 aromatic rings. The fourth-order valence-corrected chi connectivity index (χ4v) is 1.86. The lowest BCUT2D eigenvalue weighted by molar-refractivity contribution is 0.408. The van der Waals surface area contributed by atoms with Gasteiger partial charge in [-0.1, -0.05) is 19.1 Å². The molecule has 0 aliphatic rings. The minimum Gasteiger partial charge on any atom is -0.496 e. The van der Waals surface area contributed by atoms with Gasteiger partial charge >= 0.3 is 0 Å². The number of unbranched alkanes of at least 4 members (excludes halogenated alkanes) is 1. The van der Waals surface area contributed by atoms with Gasteiger partial charge in [0.25, 0.3) is 0 Å². The molecular weight excluding hydrogens is 198 g/mol. The molecule has 0 aliphatic heterocycles. The van der Waals surface area contributed by atoms with E-state index in [0.29, 0.717) is 0 Å². The maximum absolute atomic E-state index is 5.39. The molecule has 0 atom stereocenters. The summed E-state index contributed by atoms with van der Waals surface area (Å²) in [4.78, 5) is 0. The molecule has 2 heteroatoms. The average Bonchev–Trinajstić information content (AvgIpc) is 2.34. The highest BCUT2D eigenvalue weighted by Gasteiger charge is 2.03. The summed E-state index contributed by atoms with van der Waals surface area (Å²) in [5, 5.41) is 3.17. The van der Waals surface area contributed by atoms with Crippen molar-refractivity contribution in [1.29, 1.82) is 0 Å². The summed E-state index contributed by atoms with van der Waals surface area (Å²) < 4.78 is 5.39. The molecule has 0 unspecified atom stereocenters. The summed E-state index contributed by atoms with van der Waals surface area (Å²) in [7, 11) is 3.75. The Balaban J connectivity index is 2.60. The second kappa shape index (κ2) is 7.29. The highest BCUT2D eigenvalue weighted by atomic mass is 16.5. The van der Waals surface area contributed by atoms with Crippen molar-refractivity contribution >= 4 is 0 Å². The van der Waals surface area contributed by atoms with Gasteiger partial charge in [0.05, 0.1) is 7.11 Å². The van der Waals surface area contributed by atoms with Gasteiger partial charge < -0.3 is 10.1 Å². The van der Waals surface area contributed by atoms with Gasteiger partial charge in [0.2, 0.25) is 0 Å². The summed E-state index contributed by atoms with van der Waals surface area (Å²) >= 11 is 0. The summed E-state index contributed by atoms with van der Waals surface area (Å²) in [6, 6.07) is 6.51. The standard InChI is InChI=1S/C14H23NO/c1-4-12-8-9-14(16-3)13(11-12)7-5-6-10-15-2/h8-9,11,15H,4-7,10H2,1-3H3. The molecule has 90 valence electrons. The van der Waals surface area contributed by atoms with Gasteiger partial charge in [-0.25, -0.2) is 0 Å². The van der Waals surface area contributed by atoms with E-state index in [1.807, 2.05) is 7.05 Å². The molecule has 0 aromatic heterocycles. The van der Waals surface area contributed by atoms with Crippen LogP contribution in [-0.2, 0) is 12.8 Å². The van der Waals surface area contributed by atoms with Crippen LogP contribution in [0, 0.1) is 0 Å². The van der Waals surface area contributed by atoms with Crippen LogP contribution in [0.4, 0.5) is 0 Å². The molecule has 0 saturated carbocycles. The third-order valence-corrected chi connectivity index (χ3v) is 2.88. The van der Waals surface area contributed by atoms with Gasteiger partial charge in [0.1, 0.15) is 5.75 Å². The van der Waals surface area contributed by atoms with E-state index >= 15 is 0 Å². The molecule has 0 amide bonds. The Labute approximate surface area is 99.0 Å². The van der Waals surface area contributed by atoms with Crippen LogP contribution in [0.1, 0.15) is 30.9 Å². The van der Waals surface area contributed by atoms with Gasteiger partial charge in [0.15, 0.2) is 0 Å². The van der Waals surface area contributed by atoms with E-state index in [2.05, 4.69) is 30.4 Å². The van der Waals surface area contributed by atoms with Crippen molar-refractivity contribution in [3.05, 3.63) is 29.3 Å². The Morgan fingerprint density at radius 1 is 1.25 bits per heavy atom. The van der Waals surface area contributed by atoms with E-state index in [0.717, 1.165) is 25.1 Å². The summed E-state index contributed by atoms with van der Waals surface area (Å²) in [5.41, 5.74) is 2.74. The average molecular weight is 221 g/mol. The monoisotopic (exact) mass is 221 g/mol.